The predicted molar refractivity (Wildman–Crippen MR) is 85.3 cm³/mol. The highest BCUT2D eigenvalue weighted by atomic mass is 32.2. The van der Waals surface area contributed by atoms with E-state index in [9.17, 15) is 26.4 Å². The molecule has 0 aromatic carbocycles. The van der Waals surface area contributed by atoms with Gasteiger partial charge in [0.1, 0.15) is 16.8 Å². The molecule has 0 saturated heterocycles. The van der Waals surface area contributed by atoms with Crippen molar-refractivity contribution in [2.75, 3.05) is 12.3 Å². The van der Waals surface area contributed by atoms with Gasteiger partial charge < -0.3 is 0 Å². The fourth-order valence-electron chi connectivity index (χ4n) is 2.83. The van der Waals surface area contributed by atoms with Crippen LogP contribution in [0.3, 0.4) is 0 Å². The summed E-state index contributed by atoms with van der Waals surface area (Å²) in [4.78, 5) is 16.8. The summed E-state index contributed by atoms with van der Waals surface area (Å²) in [7, 11) is -4.43. The van der Waals surface area contributed by atoms with Crippen molar-refractivity contribution >= 4 is 26.8 Å². The van der Waals surface area contributed by atoms with Gasteiger partial charge in [0.05, 0.1) is 5.69 Å². The molecular formula is C14H15F3N4O3S. The Balaban J connectivity index is 1.74. The van der Waals surface area contributed by atoms with Crippen molar-refractivity contribution in [1.82, 2.24) is 18.7 Å². The Morgan fingerprint density at radius 1 is 1.28 bits per heavy atom. The van der Waals surface area contributed by atoms with E-state index < -0.39 is 22.0 Å². The van der Waals surface area contributed by atoms with Crippen LogP contribution in [0.1, 0.15) is 12.1 Å². The maximum Gasteiger partial charge on any atom is 0.404 e. The smallest absolute Gasteiger partial charge is 0.292 e. The van der Waals surface area contributed by atoms with Gasteiger partial charge in [-0.3, -0.25) is 13.8 Å². The van der Waals surface area contributed by atoms with Gasteiger partial charge in [0.15, 0.2) is 5.75 Å². The standard InChI is InChI=1S/C14H15F3N4O3S/c1-9-12-13(22)20(11-5-2-4-10(19-9)21(11)12)7-3-6-18-25(23,24)8-14(15,16)17/h2,4-5,18H,3,6-8H2,1H3. The van der Waals surface area contributed by atoms with Crippen LogP contribution in [0.2, 0.25) is 0 Å². The van der Waals surface area contributed by atoms with Gasteiger partial charge in [0.25, 0.3) is 5.56 Å². The van der Waals surface area contributed by atoms with Gasteiger partial charge in [-0.25, -0.2) is 18.1 Å². The van der Waals surface area contributed by atoms with E-state index in [2.05, 4.69) is 4.98 Å². The van der Waals surface area contributed by atoms with Gasteiger partial charge in [-0.15, -0.1) is 0 Å². The Kier molecular flexibility index (Phi) is 4.23. The van der Waals surface area contributed by atoms with Crippen LogP contribution in [0.5, 0.6) is 0 Å². The van der Waals surface area contributed by atoms with E-state index in [1.807, 2.05) is 4.72 Å². The third kappa shape index (κ3) is 3.47. The quantitative estimate of drug-likeness (QED) is 0.657. The average molecular weight is 376 g/mol. The van der Waals surface area contributed by atoms with Crippen molar-refractivity contribution in [1.29, 1.82) is 0 Å². The molecule has 0 saturated carbocycles. The lowest BCUT2D eigenvalue weighted by Crippen LogP contribution is -2.34. The SMILES string of the molecule is Cc1nc2cccc3n(CCCNS(=O)(=O)CC(F)(F)F)c(=O)c1n23. The lowest BCUT2D eigenvalue weighted by Gasteiger charge is -2.09. The molecule has 25 heavy (non-hydrogen) atoms. The van der Waals surface area contributed by atoms with Gasteiger partial charge in [-0.05, 0) is 25.5 Å². The van der Waals surface area contributed by atoms with Gasteiger partial charge in [-0.2, -0.15) is 13.2 Å². The van der Waals surface area contributed by atoms with Crippen LogP contribution >= 0.6 is 0 Å². The average Bonchev–Trinajstić information content (AvgIpc) is 2.94. The number of pyridine rings is 1. The molecule has 0 unspecified atom stereocenters. The summed E-state index contributed by atoms with van der Waals surface area (Å²) in [6.07, 6.45) is -4.61. The number of aryl methyl sites for hydroxylation is 2. The highest BCUT2D eigenvalue weighted by Gasteiger charge is 2.34. The van der Waals surface area contributed by atoms with Crippen molar-refractivity contribution in [3.63, 3.8) is 0 Å². The number of imidazole rings is 2. The topological polar surface area (TPSA) is 85.5 Å². The summed E-state index contributed by atoms with van der Waals surface area (Å²) in [6, 6.07) is 5.25. The third-order valence-electron chi connectivity index (χ3n) is 3.76. The van der Waals surface area contributed by atoms with Crippen LogP contribution in [0.25, 0.3) is 16.8 Å². The fourth-order valence-corrected chi connectivity index (χ4v) is 3.82. The molecule has 0 radical (unpaired) electrons. The minimum absolute atomic E-state index is 0.174. The number of aromatic nitrogens is 3. The van der Waals surface area contributed by atoms with E-state index >= 15 is 0 Å². The lowest BCUT2D eigenvalue weighted by molar-refractivity contribution is -0.106. The van der Waals surface area contributed by atoms with Gasteiger partial charge in [-0.1, -0.05) is 6.07 Å². The zero-order valence-corrected chi connectivity index (χ0v) is 14.0. The van der Waals surface area contributed by atoms with Crippen LogP contribution in [0.15, 0.2) is 23.0 Å². The summed E-state index contributed by atoms with van der Waals surface area (Å²) in [5.41, 5.74) is 2.02. The van der Waals surface area contributed by atoms with Gasteiger partial charge in [0.2, 0.25) is 10.0 Å². The summed E-state index contributed by atoms with van der Waals surface area (Å²) in [5.74, 6) is -1.92. The monoisotopic (exact) mass is 376 g/mol. The van der Waals surface area contributed by atoms with Gasteiger partial charge >= 0.3 is 6.18 Å². The molecule has 11 heteroatoms. The zero-order chi connectivity index (χ0) is 18.4. The normalized spacial score (nSPS) is 13.3. The molecule has 3 aromatic rings. The van der Waals surface area contributed by atoms with Crippen LogP contribution < -0.4 is 10.3 Å². The molecule has 0 aliphatic heterocycles. The Bertz CT molecular complexity index is 1070. The maximum absolute atomic E-state index is 12.5. The number of nitrogens with zero attached hydrogens (tertiary/aromatic N) is 3. The molecule has 3 heterocycles. The fraction of sp³-hybridized carbons (Fsp3) is 0.429. The third-order valence-corrected chi connectivity index (χ3v) is 5.11. The van der Waals surface area contributed by atoms with E-state index in [1.54, 1.807) is 29.5 Å². The number of rotatable bonds is 6. The Hall–Kier alpha value is -2.14. The van der Waals surface area contributed by atoms with E-state index in [0.29, 0.717) is 22.5 Å². The summed E-state index contributed by atoms with van der Waals surface area (Å²) in [5, 5.41) is 0. The number of halogens is 3. The van der Waals surface area contributed by atoms with Crippen molar-refractivity contribution in [3.8, 4) is 0 Å². The number of nitrogens with one attached hydrogen (secondary N) is 1. The Labute approximate surface area is 140 Å². The van der Waals surface area contributed by atoms with Crippen LogP contribution in [0, 0.1) is 6.92 Å². The highest BCUT2D eigenvalue weighted by molar-refractivity contribution is 7.89. The molecule has 0 fully saturated rings. The van der Waals surface area contributed by atoms with Gasteiger partial charge in [0, 0.05) is 13.1 Å². The molecule has 0 amide bonds. The maximum atomic E-state index is 12.5. The van der Waals surface area contributed by atoms with Crippen LogP contribution in [-0.2, 0) is 16.6 Å². The summed E-state index contributed by atoms with van der Waals surface area (Å²) >= 11 is 0. The molecule has 0 bridgehead atoms. The molecule has 0 aliphatic rings. The summed E-state index contributed by atoms with van der Waals surface area (Å²) < 4.78 is 64.2. The second-order valence-electron chi connectivity index (χ2n) is 5.70. The zero-order valence-electron chi connectivity index (χ0n) is 13.2. The van der Waals surface area contributed by atoms with Crippen LogP contribution in [-0.4, -0.2) is 40.8 Å². The molecule has 136 valence electrons. The minimum Gasteiger partial charge on any atom is -0.292 e. The minimum atomic E-state index is -4.79. The van der Waals surface area contributed by atoms with E-state index in [1.165, 1.54) is 4.57 Å². The largest absolute Gasteiger partial charge is 0.404 e. The molecular weight excluding hydrogens is 361 g/mol. The molecule has 3 rings (SSSR count). The molecule has 0 spiro atoms. The first-order valence-electron chi connectivity index (χ1n) is 7.43. The summed E-state index contributed by atoms with van der Waals surface area (Å²) in [6.45, 7) is 1.71. The lowest BCUT2D eigenvalue weighted by atomic mass is 10.4. The van der Waals surface area contributed by atoms with Crippen molar-refractivity contribution in [2.45, 2.75) is 26.1 Å². The van der Waals surface area contributed by atoms with Crippen molar-refractivity contribution in [3.05, 3.63) is 34.2 Å². The molecule has 7 nitrogen and oxygen atoms in total. The number of hydrogen-bond donors (Lipinski definition) is 1. The molecule has 0 aliphatic carbocycles. The van der Waals surface area contributed by atoms with Crippen molar-refractivity contribution < 1.29 is 21.6 Å². The first kappa shape index (κ1) is 17.7. The Morgan fingerprint density at radius 2 is 2.00 bits per heavy atom. The second-order valence-corrected chi connectivity index (χ2v) is 7.51. The van der Waals surface area contributed by atoms with E-state index in [0.717, 1.165) is 0 Å². The molecule has 1 N–H and O–H groups in total. The van der Waals surface area contributed by atoms with E-state index in [4.69, 9.17) is 0 Å². The number of hydrogen-bond acceptors (Lipinski definition) is 4. The highest BCUT2D eigenvalue weighted by Crippen LogP contribution is 2.18. The van der Waals surface area contributed by atoms with Crippen LogP contribution in [0.4, 0.5) is 13.2 Å². The number of alkyl halides is 3. The predicted octanol–water partition coefficient (Wildman–Crippen LogP) is 1.27. The van der Waals surface area contributed by atoms with E-state index in [-0.39, 0.29) is 25.1 Å². The first-order chi connectivity index (χ1) is 11.6. The molecule has 3 aromatic heterocycles. The van der Waals surface area contributed by atoms with Crippen molar-refractivity contribution in [2.24, 2.45) is 0 Å². The number of sulfonamides is 1. The first-order valence-corrected chi connectivity index (χ1v) is 9.08. The Morgan fingerprint density at radius 3 is 2.68 bits per heavy atom. The second kappa shape index (κ2) is 5.99. The molecule has 0 atom stereocenters.